The van der Waals surface area contributed by atoms with Crippen LogP contribution in [0.1, 0.15) is 0 Å². The lowest BCUT2D eigenvalue weighted by molar-refractivity contribution is 1.17. The summed E-state index contributed by atoms with van der Waals surface area (Å²) >= 11 is 0. The Balaban J connectivity index is 1.00. The minimum atomic E-state index is 1.09. The second-order valence-corrected chi connectivity index (χ2v) is 18.1. The van der Waals surface area contributed by atoms with Crippen LogP contribution >= 0.6 is 0 Å². The van der Waals surface area contributed by atoms with Crippen LogP contribution in [0.15, 0.2) is 261 Å². The Labute approximate surface area is 399 Å². The van der Waals surface area contributed by atoms with Gasteiger partial charge in [-0.1, -0.05) is 176 Å². The number of anilines is 3. The molecule has 0 radical (unpaired) electrons. The molecule has 0 bridgehead atoms. The largest absolute Gasteiger partial charge is 0.310 e. The molecule has 14 rings (SSSR count). The highest BCUT2D eigenvalue weighted by Crippen LogP contribution is 2.45. The normalized spacial score (nSPS) is 11.8. The van der Waals surface area contributed by atoms with E-state index in [1.54, 1.807) is 0 Å². The molecule has 0 aliphatic rings. The summed E-state index contributed by atoms with van der Waals surface area (Å²) in [7, 11) is 0. The summed E-state index contributed by atoms with van der Waals surface area (Å²) in [5, 5.41) is 12.5. The van der Waals surface area contributed by atoms with Crippen molar-refractivity contribution >= 4 is 93.0 Å². The van der Waals surface area contributed by atoms with Crippen LogP contribution in [0.5, 0.6) is 0 Å². The van der Waals surface area contributed by atoms with Crippen LogP contribution in [-0.4, -0.2) is 9.13 Å². The number of nitrogens with zero attached hydrogens (tertiary/aromatic N) is 3. The minimum absolute atomic E-state index is 1.09. The average Bonchev–Trinajstić information content (AvgIpc) is 3.94. The second-order valence-electron chi connectivity index (χ2n) is 18.1. The zero-order valence-corrected chi connectivity index (χ0v) is 37.7. The Bertz CT molecular complexity index is 4080. The van der Waals surface area contributed by atoms with Gasteiger partial charge in [0.05, 0.1) is 22.1 Å². The lowest BCUT2D eigenvalue weighted by atomic mass is 9.93. The minimum Gasteiger partial charge on any atom is -0.310 e. The fourth-order valence-corrected chi connectivity index (χ4v) is 11.2. The van der Waals surface area contributed by atoms with E-state index in [1.807, 2.05) is 0 Å². The molecule has 0 aliphatic carbocycles. The van der Waals surface area contributed by atoms with Gasteiger partial charge in [0, 0.05) is 39.2 Å². The van der Waals surface area contributed by atoms with E-state index < -0.39 is 0 Å². The van der Waals surface area contributed by atoms with Gasteiger partial charge in [-0.3, -0.25) is 0 Å². The molecule has 0 amide bonds. The molecule has 3 nitrogen and oxygen atoms in total. The zero-order valence-electron chi connectivity index (χ0n) is 37.7. The van der Waals surface area contributed by atoms with Gasteiger partial charge < -0.3 is 14.0 Å². The van der Waals surface area contributed by atoms with Gasteiger partial charge in [0.15, 0.2) is 0 Å². The molecule has 0 N–H and O–H groups in total. The van der Waals surface area contributed by atoms with Gasteiger partial charge in [0.25, 0.3) is 0 Å². The molecule has 2 aromatic heterocycles. The highest BCUT2D eigenvalue weighted by atomic mass is 15.1. The zero-order chi connectivity index (χ0) is 45.4. The van der Waals surface area contributed by atoms with E-state index in [1.165, 1.54) is 87.1 Å². The van der Waals surface area contributed by atoms with Crippen LogP contribution in [-0.2, 0) is 0 Å². The number of para-hydroxylation sites is 3. The number of aromatic nitrogens is 2. The van der Waals surface area contributed by atoms with Crippen LogP contribution in [0.3, 0.4) is 0 Å². The summed E-state index contributed by atoms with van der Waals surface area (Å²) in [5.74, 6) is 0. The first kappa shape index (κ1) is 39.0. The third-order valence-corrected chi connectivity index (χ3v) is 14.2. The first-order valence-corrected chi connectivity index (χ1v) is 23.8. The Morgan fingerprint density at radius 2 is 0.638 bits per heavy atom. The van der Waals surface area contributed by atoms with E-state index >= 15 is 0 Å². The van der Waals surface area contributed by atoms with Crippen LogP contribution in [0.2, 0.25) is 0 Å². The lowest BCUT2D eigenvalue weighted by Crippen LogP contribution is -2.09. The summed E-state index contributed by atoms with van der Waals surface area (Å²) in [6, 6.07) is 95.5. The smallest absolute Gasteiger partial charge is 0.0804 e. The van der Waals surface area contributed by atoms with E-state index in [0.29, 0.717) is 0 Å². The molecule has 0 saturated carbocycles. The van der Waals surface area contributed by atoms with Crippen molar-refractivity contribution in [1.29, 1.82) is 0 Å². The maximum Gasteiger partial charge on any atom is 0.0804 e. The fourth-order valence-electron chi connectivity index (χ4n) is 11.2. The third-order valence-electron chi connectivity index (χ3n) is 14.2. The van der Waals surface area contributed by atoms with Gasteiger partial charge in [0.1, 0.15) is 0 Å². The maximum absolute atomic E-state index is 2.49. The first-order valence-electron chi connectivity index (χ1n) is 23.8. The number of hydrogen-bond donors (Lipinski definition) is 0. The molecule has 14 aromatic rings. The standard InChI is InChI=1S/C66H43N3/c1-3-19-48(20-4-1)67(49-21-5-2-6-22-49)52-39-40-64-62(43-52)66-65(69(64)51-37-33-45(34-38-51)61-42-47-18-8-10-24-54(47)56-26-12-14-28-58(56)61)59-29-15-16-30-63(59)68(66)50-35-31-44(32-36-50)60-41-46-17-7-9-23-53(46)55-25-11-13-27-57(55)60/h1-43H. The van der Waals surface area contributed by atoms with Crippen molar-refractivity contribution < 1.29 is 0 Å². The Hall–Kier alpha value is -9.18. The predicted octanol–water partition coefficient (Wildman–Crippen LogP) is 18.1. The van der Waals surface area contributed by atoms with Gasteiger partial charge in [0.2, 0.25) is 0 Å². The van der Waals surface area contributed by atoms with Crippen molar-refractivity contribution in [3.05, 3.63) is 261 Å². The van der Waals surface area contributed by atoms with Crippen LogP contribution in [0.4, 0.5) is 17.1 Å². The van der Waals surface area contributed by atoms with Crippen LogP contribution < -0.4 is 4.90 Å². The lowest BCUT2D eigenvalue weighted by Gasteiger charge is -2.25. The van der Waals surface area contributed by atoms with Crippen molar-refractivity contribution in [2.75, 3.05) is 4.90 Å². The molecule has 0 unspecified atom stereocenters. The number of hydrogen-bond acceptors (Lipinski definition) is 1. The summed E-state index contributed by atoms with van der Waals surface area (Å²) < 4.78 is 4.97. The van der Waals surface area contributed by atoms with Crippen LogP contribution in [0.25, 0.3) is 110 Å². The van der Waals surface area contributed by atoms with E-state index in [0.717, 1.165) is 39.5 Å². The molecule has 0 fully saturated rings. The summed E-state index contributed by atoms with van der Waals surface area (Å²) in [6.07, 6.45) is 0. The van der Waals surface area contributed by atoms with E-state index in [9.17, 15) is 0 Å². The molecule has 0 spiro atoms. The predicted molar refractivity (Wildman–Crippen MR) is 293 cm³/mol. The maximum atomic E-state index is 2.49. The molecule has 0 saturated heterocycles. The van der Waals surface area contributed by atoms with Crippen molar-refractivity contribution in [1.82, 2.24) is 9.13 Å². The highest BCUT2D eigenvalue weighted by Gasteiger charge is 2.24. The Morgan fingerprint density at radius 3 is 1.14 bits per heavy atom. The highest BCUT2D eigenvalue weighted by molar-refractivity contribution is 6.21. The van der Waals surface area contributed by atoms with Gasteiger partial charge in [-0.2, -0.15) is 0 Å². The molecule has 3 heteroatoms. The molecule has 0 atom stereocenters. The second kappa shape index (κ2) is 15.7. The molecular formula is C66H43N3. The first-order chi connectivity index (χ1) is 34.2. The van der Waals surface area contributed by atoms with Gasteiger partial charge in [-0.05, 0) is 150 Å². The van der Waals surface area contributed by atoms with E-state index in [4.69, 9.17) is 0 Å². The fraction of sp³-hybridized carbons (Fsp3) is 0. The van der Waals surface area contributed by atoms with Crippen molar-refractivity contribution in [3.8, 4) is 33.6 Å². The van der Waals surface area contributed by atoms with Crippen LogP contribution in [0, 0.1) is 0 Å². The molecule has 322 valence electrons. The number of rotatable bonds is 7. The van der Waals surface area contributed by atoms with Crippen molar-refractivity contribution in [2.45, 2.75) is 0 Å². The van der Waals surface area contributed by atoms with Gasteiger partial charge in [-0.15, -0.1) is 0 Å². The SMILES string of the molecule is c1ccc(N(c2ccccc2)c2ccc3c(c2)c2c(c4ccccc4n2-c2ccc(-c4cc5ccccc5c5ccccc45)cc2)n3-c2ccc(-c3cc4ccccc4c4ccccc34)cc2)cc1. The molecule has 69 heavy (non-hydrogen) atoms. The summed E-state index contributed by atoms with van der Waals surface area (Å²) in [6.45, 7) is 0. The van der Waals surface area contributed by atoms with E-state index in [-0.39, 0.29) is 0 Å². The number of fused-ring (bicyclic) bond motifs is 11. The molecule has 12 aromatic carbocycles. The summed E-state index contributed by atoms with van der Waals surface area (Å²) in [4.78, 5) is 2.36. The molecule has 2 heterocycles. The van der Waals surface area contributed by atoms with Gasteiger partial charge >= 0.3 is 0 Å². The average molecular weight is 878 g/mol. The molecular weight excluding hydrogens is 835 g/mol. The van der Waals surface area contributed by atoms with Crippen molar-refractivity contribution in [2.24, 2.45) is 0 Å². The monoisotopic (exact) mass is 877 g/mol. The quantitative estimate of drug-likeness (QED) is 0.145. The molecule has 0 aliphatic heterocycles. The Kier molecular flexibility index (Phi) is 8.90. The topological polar surface area (TPSA) is 13.1 Å². The van der Waals surface area contributed by atoms with Gasteiger partial charge in [-0.25, -0.2) is 0 Å². The van der Waals surface area contributed by atoms with E-state index in [2.05, 4.69) is 275 Å². The third kappa shape index (κ3) is 6.21. The van der Waals surface area contributed by atoms with Crippen molar-refractivity contribution in [3.63, 3.8) is 0 Å². The summed E-state index contributed by atoms with van der Waals surface area (Å²) in [5.41, 5.74) is 15.0. The Morgan fingerprint density at radius 1 is 0.246 bits per heavy atom. The number of benzene rings is 12.